The van der Waals surface area contributed by atoms with Gasteiger partial charge in [-0.2, -0.15) is 0 Å². The van der Waals surface area contributed by atoms with Gasteiger partial charge in [0.15, 0.2) is 11.5 Å². The van der Waals surface area contributed by atoms with Gasteiger partial charge in [-0.05, 0) is 18.6 Å². The van der Waals surface area contributed by atoms with Crippen LogP contribution in [0.5, 0.6) is 11.5 Å². The van der Waals surface area contributed by atoms with Crippen LogP contribution in [0.25, 0.3) is 0 Å². The van der Waals surface area contributed by atoms with E-state index in [1.165, 1.54) is 5.56 Å². The summed E-state index contributed by atoms with van der Waals surface area (Å²) in [6.07, 6.45) is 1.19. The second-order valence-corrected chi connectivity index (χ2v) is 3.62. The molecule has 2 N–H and O–H groups in total. The fourth-order valence-electron chi connectivity index (χ4n) is 1.83. The molecule has 14 heavy (non-hydrogen) atoms. The maximum absolute atomic E-state index is 5.66. The minimum atomic E-state index is 0.243. The van der Waals surface area contributed by atoms with Gasteiger partial charge >= 0.3 is 0 Å². The molecular weight excluding hydrogens is 178 g/mol. The Hall–Kier alpha value is -1.22. The van der Waals surface area contributed by atoms with Gasteiger partial charge in [-0.1, -0.05) is 6.07 Å². The summed E-state index contributed by atoms with van der Waals surface area (Å²) in [5, 5.41) is 0. The highest BCUT2D eigenvalue weighted by atomic mass is 16.5. The molecular formula is C11H15NO2. The third kappa shape index (κ3) is 1.44. The highest BCUT2D eigenvalue weighted by molar-refractivity contribution is 5.51. The predicted molar refractivity (Wildman–Crippen MR) is 54.7 cm³/mol. The van der Waals surface area contributed by atoms with Crippen molar-refractivity contribution < 1.29 is 9.47 Å². The first-order chi connectivity index (χ1) is 6.74. The molecule has 0 radical (unpaired) electrons. The van der Waals surface area contributed by atoms with Gasteiger partial charge in [0.25, 0.3) is 0 Å². The van der Waals surface area contributed by atoms with Crippen LogP contribution in [0.15, 0.2) is 12.1 Å². The van der Waals surface area contributed by atoms with Crippen LogP contribution in [-0.2, 0) is 13.0 Å². The number of hydrogen-bond acceptors (Lipinski definition) is 3. The second-order valence-electron chi connectivity index (χ2n) is 3.62. The predicted octanol–water partition coefficient (Wildman–Crippen LogP) is 1.48. The Kier molecular flexibility index (Phi) is 2.33. The number of hydrogen-bond donors (Lipinski definition) is 1. The quantitative estimate of drug-likeness (QED) is 0.773. The smallest absolute Gasteiger partial charge is 0.164 e. The summed E-state index contributed by atoms with van der Waals surface area (Å²) in [6.45, 7) is 2.60. The molecule has 1 aliphatic heterocycles. The molecule has 0 aliphatic carbocycles. The first-order valence-electron chi connectivity index (χ1n) is 4.81. The van der Waals surface area contributed by atoms with E-state index in [1.54, 1.807) is 7.11 Å². The van der Waals surface area contributed by atoms with Gasteiger partial charge in [0, 0.05) is 18.5 Å². The Bertz CT molecular complexity index is 349. The van der Waals surface area contributed by atoms with Crippen molar-refractivity contribution in [3.63, 3.8) is 0 Å². The standard InChI is InChI=1S/C11H15NO2/c1-7-3-9-4-8(6-12)5-10(13-2)11(9)14-7/h4-5,7H,3,6,12H2,1-2H3. The van der Waals surface area contributed by atoms with Crippen LogP contribution in [0.4, 0.5) is 0 Å². The second kappa shape index (κ2) is 3.50. The molecule has 0 saturated heterocycles. The monoisotopic (exact) mass is 193 g/mol. The average Bonchev–Trinajstić information content (AvgIpc) is 2.56. The van der Waals surface area contributed by atoms with Gasteiger partial charge < -0.3 is 15.2 Å². The summed E-state index contributed by atoms with van der Waals surface area (Å²) in [5.41, 5.74) is 7.91. The summed E-state index contributed by atoms with van der Waals surface area (Å²) in [5.74, 6) is 1.68. The number of rotatable bonds is 2. The van der Waals surface area contributed by atoms with Crippen LogP contribution in [0.2, 0.25) is 0 Å². The summed E-state index contributed by atoms with van der Waals surface area (Å²) >= 11 is 0. The molecule has 1 aromatic carbocycles. The Labute approximate surface area is 83.8 Å². The number of nitrogens with two attached hydrogens (primary N) is 1. The van der Waals surface area contributed by atoms with E-state index in [9.17, 15) is 0 Å². The van der Waals surface area contributed by atoms with E-state index in [0.717, 1.165) is 23.5 Å². The summed E-state index contributed by atoms with van der Waals surface area (Å²) in [6, 6.07) is 4.04. The van der Waals surface area contributed by atoms with Crippen molar-refractivity contribution in [1.82, 2.24) is 0 Å². The van der Waals surface area contributed by atoms with Crippen molar-refractivity contribution in [2.24, 2.45) is 5.73 Å². The Morgan fingerprint density at radius 2 is 2.36 bits per heavy atom. The minimum Gasteiger partial charge on any atom is -0.493 e. The summed E-state index contributed by atoms with van der Waals surface area (Å²) in [4.78, 5) is 0. The molecule has 0 aromatic heterocycles. The maximum Gasteiger partial charge on any atom is 0.164 e. The SMILES string of the molecule is COc1cc(CN)cc2c1OC(C)C2. The van der Waals surface area contributed by atoms with E-state index in [2.05, 4.69) is 13.0 Å². The average molecular weight is 193 g/mol. The van der Waals surface area contributed by atoms with Gasteiger partial charge in [0.2, 0.25) is 0 Å². The lowest BCUT2D eigenvalue weighted by atomic mass is 10.1. The molecule has 1 atom stereocenters. The normalized spacial score (nSPS) is 18.9. The lowest BCUT2D eigenvalue weighted by Crippen LogP contribution is -2.05. The molecule has 1 unspecified atom stereocenters. The topological polar surface area (TPSA) is 44.5 Å². The molecule has 0 fully saturated rings. The van der Waals surface area contributed by atoms with E-state index < -0.39 is 0 Å². The Morgan fingerprint density at radius 1 is 1.57 bits per heavy atom. The van der Waals surface area contributed by atoms with Gasteiger partial charge in [0.1, 0.15) is 6.10 Å². The molecule has 0 saturated carbocycles. The van der Waals surface area contributed by atoms with Crippen molar-refractivity contribution in [1.29, 1.82) is 0 Å². The van der Waals surface area contributed by atoms with Gasteiger partial charge in [-0.15, -0.1) is 0 Å². The van der Waals surface area contributed by atoms with Crippen LogP contribution in [0, 0.1) is 0 Å². The molecule has 1 heterocycles. The molecule has 1 aliphatic rings. The third-order valence-corrected chi connectivity index (χ3v) is 2.47. The number of methoxy groups -OCH3 is 1. The largest absolute Gasteiger partial charge is 0.493 e. The number of ether oxygens (including phenoxy) is 2. The van der Waals surface area contributed by atoms with Crippen LogP contribution < -0.4 is 15.2 Å². The van der Waals surface area contributed by atoms with Crippen molar-refractivity contribution in [3.05, 3.63) is 23.3 Å². The van der Waals surface area contributed by atoms with Crippen molar-refractivity contribution in [2.75, 3.05) is 7.11 Å². The molecule has 1 aromatic rings. The molecule has 3 heteroatoms. The van der Waals surface area contributed by atoms with E-state index in [1.807, 2.05) is 6.07 Å². The van der Waals surface area contributed by atoms with Gasteiger partial charge in [-0.25, -0.2) is 0 Å². The molecule has 0 spiro atoms. The van der Waals surface area contributed by atoms with Crippen molar-refractivity contribution in [2.45, 2.75) is 26.0 Å². The van der Waals surface area contributed by atoms with Crippen LogP contribution in [0.3, 0.4) is 0 Å². The summed E-state index contributed by atoms with van der Waals surface area (Å²) < 4.78 is 10.9. The van der Waals surface area contributed by atoms with E-state index in [-0.39, 0.29) is 6.10 Å². The first kappa shape index (κ1) is 9.34. The zero-order chi connectivity index (χ0) is 10.1. The number of benzene rings is 1. The van der Waals surface area contributed by atoms with Crippen LogP contribution in [0.1, 0.15) is 18.1 Å². The fraction of sp³-hybridized carbons (Fsp3) is 0.455. The Balaban J connectivity index is 2.46. The highest BCUT2D eigenvalue weighted by Crippen LogP contribution is 2.38. The van der Waals surface area contributed by atoms with Gasteiger partial charge in [-0.3, -0.25) is 0 Å². The van der Waals surface area contributed by atoms with Crippen molar-refractivity contribution in [3.8, 4) is 11.5 Å². The minimum absolute atomic E-state index is 0.243. The molecule has 3 nitrogen and oxygen atoms in total. The molecule has 0 amide bonds. The van der Waals surface area contributed by atoms with Crippen molar-refractivity contribution >= 4 is 0 Å². The van der Waals surface area contributed by atoms with E-state index in [4.69, 9.17) is 15.2 Å². The van der Waals surface area contributed by atoms with E-state index >= 15 is 0 Å². The maximum atomic E-state index is 5.66. The summed E-state index contributed by atoms with van der Waals surface area (Å²) in [7, 11) is 1.66. The zero-order valence-electron chi connectivity index (χ0n) is 8.54. The Morgan fingerprint density at radius 3 is 3.00 bits per heavy atom. The van der Waals surface area contributed by atoms with Gasteiger partial charge in [0.05, 0.1) is 7.11 Å². The third-order valence-electron chi connectivity index (χ3n) is 2.47. The zero-order valence-corrected chi connectivity index (χ0v) is 8.54. The lowest BCUT2D eigenvalue weighted by Gasteiger charge is -2.09. The van der Waals surface area contributed by atoms with Crippen LogP contribution >= 0.6 is 0 Å². The van der Waals surface area contributed by atoms with Crippen LogP contribution in [-0.4, -0.2) is 13.2 Å². The number of fused-ring (bicyclic) bond motifs is 1. The van der Waals surface area contributed by atoms with E-state index in [0.29, 0.717) is 6.54 Å². The fourth-order valence-corrected chi connectivity index (χ4v) is 1.83. The molecule has 2 rings (SSSR count). The highest BCUT2D eigenvalue weighted by Gasteiger charge is 2.23. The molecule has 76 valence electrons. The molecule has 0 bridgehead atoms. The first-order valence-corrected chi connectivity index (χ1v) is 4.81. The lowest BCUT2D eigenvalue weighted by molar-refractivity contribution is 0.243.